The highest BCUT2D eigenvalue weighted by Gasteiger charge is 2.71. The summed E-state index contributed by atoms with van der Waals surface area (Å²) in [5, 5.41) is 0. The molecule has 0 aliphatic heterocycles. The lowest BCUT2D eigenvalue weighted by molar-refractivity contribution is 0.0937. The van der Waals surface area contributed by atoms with E-state index in [1.54, 1.807) is 72.8 Å². The molecule has 2 unspecified atom stereocenters. The highest BCUT2D eigenvalue weighted by Crippen LogP contribution is 2.61. The molecule has 1 aliphatic carbocycles. The largest absolute Gasteiger partial charge is 0.292 e. The minimum Gasteiger partial charge on any atom is -0.292 e. The number of carbonyl (C=O) groups is 1. The molecule has 3 aromatic carbocycles. The van der Waals surface area contributed by atoms with Crippen molar-refractivity contribution >= 4 is 27.5 Å². The molecule has 136 valence electrons. The third-order valence-corrected chi connectivity index (χ3v) is 7.41. The van der Waals surface area contributed by atoms with Gasteiger partial charge in [0, 0.05) is 5.56 Å². The van der Waals surface area contributed by atoms with Crippen LogP contribution >= 0.6 is 11.6 Å². The smallest absolute Gasteiger partial charge is 0.281 e. The van der Waals surface area contributed by atoms with Crippen LogP contribution in [-0.4, -0.2) is 18.8 Å². The summed E-state index contributed by atoms with van der Waals surface area (Å²) in [7, 11) is -4.87. The number of Topliss-reactive ketones (excluding diaryl/α,β-unsaturated/α-hetero) is 1. The molecule has 0 radical (unpaired) electrons. The maximum absolute atomic E-state index is 13.4. The summed E-state index contributed by atoms with van der Waals surface area (Å²) in [5.74, 6) is -0.563. The Bertz CT molecular complexity index is 1130. The van der Waals surface area contributed by atoms with Gasteiger partial charge in [0.05, 0.1) is 0 Å². The van der Waals surface area contributed by atoms with Gasteiger partial charge in [-0.1, -0.05) is 84.9 Å². The van der Waals surface area contributed by atoms with E-state index in [-0.39, 0.29) is 16.7 Å². The van der Waals surface area contributed by atoms with E-state index in [0.29, 0.717) is 5.56 Å². The van der Waals surface area contributed by atoms with E-state index in [1.165, 1.54) is 12.1 Å². The fraction of sp³-hybridized carbons (Fsp3) is 0.0952. The van der Waals surface area contributed by atoms with Crippen LogP contribution < -0.4 is 0 Å². The lowest BCUT2D eigenvalue weighted by atomic mass is 9.79. The van der Waals surface area contributed by atoms with Crippen LogP contribution in [0.25, 0.3) is 0 Å². The SMILES string of the molecule is O=C1c2ccccc2C(c2ccccc2)(S(=O)(=O)O)C1(Cl)c1ccccc1. The lowest BCUT2D eigenvalue weighted by Gasteiger charge is -2.39. The van der Waals surface area contributed by atoms with Crippen molar-refractivity contribution in [3.05, 3.63) is 107 Å². The van der Waals surface area contributed by atoms with Gasteiger partial charge in [-0.05, 0) is 16.7 Å². The maximum atomic E-state index is 13.4. The monoisotopic (exact) mass is 398 g/mol. The second kappa shape index (κ2) is 6.02. The van der Waals surface area contributed by atoms with E-state index in [4.69, 9.17) is 11.6 Å². The zero-order chi connectivity index (χ0) is 19.3. The fourth-order valence-electron chi connectivity index (χ4n) is 4.01. The molecule has 0 aromatic heterocycles. The van der Waals surface area contributed by atoms with Gasteiger partial charge in [0.15, 0.2) is 15.4 Å². The van der Waals surface area contributed by atoms with E-state index >= 15 is 0 Å². The first-order valence-electron chi connectivity index (χ1n) is 8.26. The first-order valence-corrected chi connectivity index (χ1v) is 10.1. The Hall–Kier alpha value is -2.47. The van der Waals surface area contributed by atoms with Crippen molar-refractivity contribution in [1.82, 2.24) is 0 Å². The highest BCUT2D eigenvalue weighted by atomic mass is 35.5. The molecule has 4 rings (SSSR count). The fourth-order valence-corrected chi connectivity index (χ4v) is 6.20. The van der Waals surface area contributed by atoms with Crippen LogP contribution in [0.4, 0.5) is 0 Å². The molecule has 6 heteroatoms. The average molecular weight is 399 g/mol. The molecule has 2 atom stereocenters. The lowest BCUT2D eigenvalue weighted by Crippen LogP contribution is -2.51. The molecule has 1 aliphatic rings. The van der Waals surface area contributed by atoms with Crippen molar-refractivity contribution in [2.24, 2.45) is 0 Å². The normalized spacial score (nSPS) is 24.6. The minimum atomic E-state index is -4.87. The van der Waals surface area contributed by atoms with Crippen molar-refractivity contribution in [1.29, 1.82) is 0 Å². The number of halogens is 1. The first kappa shape index (κ1) is 17.9. The Labute approximate surface area is 162 Å². The molecule has 0 amide bonds. The molecule has 27 heavy (non-hydrogen) atoms. The quantitative estimate of drug-likeness (QED) is 0.531. The summed E-state index contributed by atoms with van der Waals surface area (Å²) >= 11 is 6.97. The zero-order valence-corrected chi connectivity index (χ0v) is 15.6. The Morgan fingerprint density at radius 2 is 1.22 bits per heavy atom. The third-order valence-electron chi connectivity index (χ3n) is 5.09. The molecule has 0 heterocycles. The van der Waals surface area contributed by atoms with Gasteiger partial charge in [0.25, 0.3) is 10.1 Å². The van der Waals surface area contributed by atoms with Gasteiger partial charge >= 0.3 is 0 Å². The van der Waals surface area contributed by atoms with Crippen LogP contribution in [0.15, 0.2) is 84.9 Å². The van der Waals surface area contributed by atoms with Crippen LogP contribution in [-0.2, 0) is 19.7 Å². The summed E-state index contributed by atoms with van der Waals surface area (Å²) in [4.78, 5) is 11.4. The van der Waals surface area contributed by atoms with E-state index in [1.807, 2.05) is 0 Å². The van der Waals surface area contributed by atoms with E-state index < -0.39 is 25.5 Å². The van der Waals surface area contributed by atoms with Gasteiger partial charge in [0.2, 0.25) is 0 Å². The Morgan fingerprint density at radius 1 is 0.741 bits per heavy atom. The summed E-state index contributed by atoms with van der Waals surface area (Å²) in [6.45, 7) is 0. The number of rotatable bonds is 3. The van der Waals surface area contributed by atoms with Gasteiger partial charge in [-0.3, -0.25) is 9.35 Å². The van der Waals surface area contributed by atoms with Crippen LogP contribution in [0.2, 0.25) is 0 Å². The second-order valence-corrected chi connectivity index (χ2v) is 8.55. The number of hydrogen-bond donors (Lipinski definition) is 1. The molecule has 0 saturated heterocycles. The summed E-state index contributed by atoms with van der Waals surface area (Å²) in [5.41, 5.74) is 0.874. The molecule has 0 saturated carbocycles. The van der Waals surface area contributed by atoms with Crippen LogP contribution in [0, 0.1) is 0 Å². The number of fused-ring (bicyclic) bond motifs is 1. The molecule has 0 spiro atoms. The summed E-state index contributed by atoms with van der Waals surface area (Å²) < 4.78 is 34.3. The van der Waals surface area contributed by atoms with Crippen LogP contribution in [0.3, 0.4) is 0 Å². The molecular weight excluding hydrogens is 384 g/mol. The number of ketones is 1. The van der Waals surface area contributed by atoms with Gasteiger partial charge in [0.1, 0.15) is 0 Å². The summed E-state index contributed by atoms with van der Waals surface area (Å²) in [6.07, 6.45) is 0. The van der Waals surface area contributed by atoms with E-state index in [2.05, 4.69) is 0 Å². The second-order valence-electron chi connectivity index (χ2n) is 6.42. The van der Waals surface area contributed by atoms with Crippen molar-refractivity contribution in [3.63, 3.8) is 0 Å². The van der Waals surface area contributed by atoms with E-state index in [0.717, 1.165) is 0 Å². The number of benzene rings is 3. The maximum Gasteiger partial charge on any atom is 0.281 e. The van der Waals surface area contributed by atoms with Crippen LogP contribution in [0.5, 0.6) is 0 Å². The summed E-state index contributed by atoms with van der Waals surface area (Å²) in [6, 6.07) is 22.8. The van der Waals surface area contributed by atoms with Crippen molar-refractivity contribution in [3.8, 4) is 0 Å². The predicted molar refractivity (Wildman–Crippen MR) is 104 cm³/mol. The van der Waals surface area contributed by atoms with Gasteiger partial charge in [-0.15, -0.1) is 11.6 Å². The minimum absolute atomic E-state index is 0.169. The number of carbonyl (C=O) groups excluding carboxylic acids is 1. The van der Waals surface area contributed by atoms with Crippen molar-refractivity contribution < 1.29 is 17.8 Å². The standard InChI is InChI=1S/C21H15ClO4S/c22-20(15-9-3-1-4-10-15)19(23)17-13-7-8-14-18(17)21(20,27(24,25)26)16-11-5-2-6-12-16/h1-14H,(H,24,25,26). The zero-order valence-electron chi connectivity index (χ0n) is 14.0. The van der Waals surface area contributed by atoms with Gasteiger partial charge in [-0.2, -0.15) is 8.42 Å². The molecule has 0 bridgehead atoms. The Kier molecular flexibility index (Phi) is 4.00. The number of alkyl halides is 1. The molecule has 4 nitrogen and oxygen atoms in total. The Balaban J connectivity index is 2.24. The topological polar surface area (TPSA) is 71.4 Å². The Morgan fingerprint density at radius 3 is 1.78 bits per heavy atom. The predicted octanol–water partition coefficient (Wildman–Crippen LogP) is 4.15. The molecule has 1 N–H and O–H groups in total. The average Bonchev–Trinajstić information content (AvgIpc) is 2.89. The van der Waals surface area contributed by atoms with Crippen molar-refractivity contribution in [2.75, 3.05) is 0 Å². The van der Waals surface area contributed by atoms with Gasteiger partial charge < -0.3 is 0 Å². The van der Waals surface area contributed by atoms with Crippen LogP contribution in [0.1, 0.15) is 27.0 Å². The number of hydrogen-bond acceptors (Lipinski definition) is 3. The molecule has 0 fully saturated rings. The molecule has 3 aromatic rings. The third kappa shape index (κ3) is 2.19. The molecular formula is C21H15ClO4S. The van der Waals surface area contributed by atoms with E-state index in [9.17, 15) is 17.8 Å². The first-order chi connectivity index (χ1) is 12.8. The van der Waals surface area contributed by atoms with Gasteiger partial charge in [-0.25, -0.2) is 0 Å². The highest BCUT2D eigenvalue weighted by molar-refractivity contribution is 7.87. The van der Waals surface area contributed by atoms with Crippen molar-refractivity contribution in [2.45, 2.75) is 9.62 Å².